The largest absolute Gasteiger partial charge is 0.464 e. The molecule has 0 fully saturated rings. The average molecular weight is 351 g/mol. The van der Waals surface area contributed by atoms with E-state index in [9.17, 15) is 4.79 Å². The lowest BCUT2D eigenvalue weighted by molar-refractivity contribution is -0.166. The second kappa shape index (κ2) is 7.83. The third-order valence-corrected chi connectivity index (χ3v) is 5.19. The summed E-state index contributed by atoms with van der Waals surface area (Å²) in [5, 5.41) is 0. The predicted octanol–water partition coefficient (Wildman–Crippen LogP) is 5.74. The molecule has 1 unspecified atom stereocenters. The normalized spacial score (nSPS) is 16.7. The molecule has 1 atom stereocenters. The first-order valence-electron chi connectivity index (χ1n) is 8.88. The molecule has 24 heavy (non-hydrogen) atoms. The van der Waals surface area contributed by atoms with Crippen LogP contribution in [0.4, 0.5) is 0 Å². The molecule has 0 bridgehead atoms. The summed E-state index contributed by atoms with van der Waals surface area (Å²) >= 11 is 1.75. The van der Waals surface area contributed by atoms with Crippen molar-refractivity contribution in [3.63, 3.8) is 0 Å². The number of ether oxygens (including phenoxy) is 2. The van der Waals surface area contributed by atoms with Crippen molar-refractivity contribution in [3.8, 4) is 0 Å². The minimum Gasteiger partial charge on any atom is -0.464 e. The summed E-state index contributed by atoms with van der Waals surface area (Å²) in [4.78, 5) is 15.1. The summed E-state index contributed by atoms with van der Waals surface area (Å²) in [5.41, 5.74) is 3.18. The Hall–Kier alpha value is -1.13. The molecule has 0 saturated carbocycles. The van der Waals surface area contributed by atoms with Crippen LogP contribution in [0.5, 0.6) is 0 Å². The predicted molar refractivity (Wildman–Crippen MR) is 100 cm³/mol. The molecule has 3 nitrogen and oxygen atoms in total. The summed E-state index contributed by atoms with van der Waals surface area (Å²) in [6, 6.07) is 0. The highest BCUT2D eigenvalue weighted by atomic mass is 32.1. The van der Waals surface area contributed by atoms with Gasteiger partial charge in [-0.2, -0.15) is 0 Å². The molecule has 1 aromatic heterocycles. The quantitative estimate of drug-likeness (QED) is 0.635. The van der Waals surface area contributed by atoms with Gasteiger partial charge in [-0.05, 0) is 78.4 Å². The van der Waals surface area contributed by atoms with Gasteiger partial charge in [0.15, 0.2) is 6.10 Å². The van der Waals surface area contributed by atoms with E-state index in [-0.39, 0.29) is 5.97 Å². The number of carbonyl (C=O) groups excluding carboxylic acids is 1. The van der Waals surface area contributed by atoms with Crippen LogP contribution in [0, 0.1) is 13.8 Å². The van der Waals surface area contributed by atoms with Crippen LogP contribution in [0.3, 0.4) is 0 Å². The molecule has 4 heteroatoms. The number of thiophene rings is 1. The first kappa shape index (κ1) is 19.2. The lowest BCUT2D eigenvalue weighted by Gasteiger charge is -2.28. The summed E-state index contributed by atoms with van der Waals surface area (Å²) < 4.78 is 11.5. The molecule has 0 saturated heterocycles. The maximum absolute atomic E-state index is 12.7. The van der Waals surface area contributed by atoms with Gasteiger partial charge in [0.25, 0.3) is 0 Å². The van der Waals surface area contributed by atoms with E-state index in [4.69, 9.17) is 9.47 Å². The van der Waals surface area contributed by atoms with Gasteiger partial charge in [-0.1, -0.05) is 6.08 Å². The van der Waals surface area contributed by atoms with Crippen LogP contribution in [0.2, 0.25) is 0 Å². The fourth-order valence-electron chi connectivity index (χ4n) is 3.28. The molecule has 0 aromatic carbocycles. The van der Waals surface area contributed by atoms with E-state index in [1.54, 1.807) is 11.3 Å². The molecule has 134 valence electrons. The van der Waals surface area contributed by atoms with E-state index >= 15 is 0 Å². The van der Waals surface area contributed by atoms with E-state index in [1.165, 1.54) is 28.9 Å². The van der Waals surface area contributed by atoms with Gasteiger partial charge >= 0.3 is 5.97 Å². The summed E-state index contributed by atoms with van der Waals surface area (Å²) in [7, 11) is 0. The van der Waals surface area contributed by atoms with Gasteiger partial charge in [0, 0.05) is 15.3 Å². The summed E-state index contributed by atoms with van der Waals surface area (Å²) in [6.07, 6.45) is 6.33. The molecule has 1 heterocycles. The van der Waals surface area contributed by atoms with E-state index in [0.717, 1.165) is 23.3 Å². The Balaban J connectivity index is 2.52. The third kappa shape index (κ3) is 4.48. The molecule has 1 aliphatic carbocycles. The molecule has 1 aliphatic rings. The molecule has 1 aromatic rings. The fraction of sp³-hybridized carbons (Fsp3) is 0.650. The van der Waals surface area contributed by atoms with Crippen LogP contribution < -0.4 is 0 Å². The highest BCUT2D eigenvalue weighted by molar-refractivity contribution is 7.12. The Bertz CT molecular complexity index is 620. The second-order valence-corrected chi connectivity index (χ2v) is 8.77. The van der Waals surface area contributed by atoms with Gasteiger partial charge in [-0.3, -0.25) is 0 Å². The van der Waals surface area contributed by atoms with Crippen molar-refractivity contribution in [2.75, 3.05) is 6.61 Å². The zero-order valence-electron chi connectivity index (χ0n) is 15.8. The van der Waals surface area contributed by atoms with Crippen molar-refractivity contribution >= 4 is 22.9 Å². The molecular formula is C20H30O3S. The van der Waals surface area contributed by atoms with Crippen LogP contribution >= 0.6 is 11.3 Å². The van der Waals surface area contributed by atoms with E-state index < -0.39 is 11.7 Å². The fourth-order valence-corrected chi connectivity index (χ4v) is 4.40. The zero-order valence-corrected chi connectivity index (χ0v) is 16.6. The Kier molecular flexibility index (Phi) is 6.27. The molecule has 0 N–H and O–H groups in total. The number of allylic oxidation sites excluding steroid dienone is 2. The van der Waals surface area contributed by atoms with Gasteiger partial charge in [0.1, 0.15) is 0 Å². The first-order valence-corrected chi connectivity index (χ1v) is 9.70. The minimum absolute atomic E-state index is 0.286. The monoisotopic (exact) mass is 350 g/mol. The van der Waals surface area contributed by atoms with Crippen molar-refractivity contribution in [2.45, 2.75) is 78.9 Å². The Morgan fingerprint density at radius 3 is 2.50 bits per heavy atom. The van der Waals surface area contributed by atoms with Crippen LogP contribution in [-0.4, -0.2) is 18.2 Å². The summed E-state index contributed by atoms with van der Waals surface area (Å²) in [5.74, 6) is -0.286. The maximum atomic E-state index is 12.7. The molecular weight excluding hydrogens is 320 g/mol. The van der Waals surface area contributed by atoms with E-state index in [2.05, 4.69) is 19.9 Å². The molecule has 0 aliphatic heterocycles. The number of carbonyl (C=O) groups is 1. The van der Waals surface area contributed by atoms with E-state index in [0.29, 0.717) is 6.61 Å². The Labute approximate surface area is 150 Å². The average Bonchev–Trinajstić information content (AvgIpc) is 2.79. The van der Waals surface area contributed by atoms with Crippen molar-refractivity contribution in [2.24, 2.45) is 0 Å². The maximum Gasteiger partial charge on any atom is 0.340 e. The molecule has 0 amide bonds. The number of aryl methyl sites for hydroxylation is 2. The molecule has 0 radical (unpaired) electrons. The van der Waals surface area contributed by atoms with Crippen molar-refractivity contribution < 1.29 is 14.3 Å². The number of esters is 1. The Morgan fingerprint density at radius 1 is 1.25 bits per heavy atom. The van der Waals surface area contributed by atoms with Gasteiger partial charge < -0.3 is 9.47 Å². The Morgan fingerprint density at radius 2 is 1.96 bits per heavy atom. The highest BCUT2D eigenvalue weighted by Gasteiger charge is 2.34. The van der Waals surface area contributed by atoms with Crippen LogP contribution in [0.25, 0.3) is 5.57 Å². The van der Waals surface area contributed by atoms with Crippen LogP contribution in [0.15, 0.2) is 6.08 Å². The molecule has 2 rings (SSSR count). The van der Waals surface area contributed by atoms with Crippen molar-refractivity contribution in [1.29, 1.82) is 0 Å². The SMILES string of the molecule is CCOC(=O)C(OC(C)(C)C)c1c(C)sc(C)c1C1=CCCCC1. The number of hydrogen-bond donors (Lipinski definition) is 0. The number of rotatable bonds is 5. The number of hydrogen-bond acceptors (Lipinski definition) is 4. The highest BCUT2D eigenvalue weighted by Crippen LogP contribution is 2.42. The summed E-state index contributed by atoms with van der Waals surface area (Å²) in [6.45, 7) is 12.4. The van der Waals surface area contributed by atoms with Gasteiger partial charge in [0.2, 0.25) is 0 Å². The van der Waals surface area contributed by atoms with Gasteiger partial charge in [-0.25, -0.2) is 4.79 Å². The van der Waals surface area contributed by atoms with Crippen LogP contribution in [0.1, 0.15) is 80.4 Å². The zero-order chi connectivity index (χ0) is 17.9. The minimum atomic E-state index is -0.660. The standard InChI is InChI=1S/C20H30O3S/c1-7-22-19(21)18(23-20(4,5)6)17-14(3)24-13(2)16(17)15-11-9-8-10-12-15/h11,18H,7-10,12H2,1-6H3. The van der Waals surface area contributed by atoms with E-state index in [1.807, 2.05) is 27.7 Å². The topological polar surface area (TPSA) is 35.5 Å². The molecule has 0 spiro atoms. The lowest BCUT2D eigenvalue weighted by Crippen LogP contribution is -2.29. The van der Waals surface area contributed by atoms with Crippen LogP contribution in [-0.2, 0) is 14.3 Å². The van der Waals surface area contributed by atoms with Crippen molar-refractivity contribution in [1.82, 2.24) is 0 Å². The second-order valence-electron chi connectivity index (χ2n) is 7.34. The van der Waals surface area contributed by atoms with Crippen molar-refractivity contribution in [3.05, 3.63) is 27.0 Å². The van der Waals surface area contributed by atoms with Gasteiger partial charge in [-0.15, -0.1) is 11.3 Å². The third-order valence-electron chi connectivity index (χ3n) is 4.15. The first-order chi connectivity index (χ1) is 11.2. The van der Waals surface area contributed by atoms with Gasteiger partial charge in [0.05, 0.1) is 12.2 Å². The smallest absolute Gasteiger partial charge is 0.340 e. The lowest BCUT2D eigenvalue weighted by atomic mass is 9.89.